The van der Waals surface area contributed by atoms with Crippen LogP contribution in [0, 0.1) is 11.2 Å². The van der Waals surface area contributed by atoms with E-state index >= 15 is 0 Å². The van der Waals surface area contributed by atoms with Crippen molar-refractivity contribution in [1.82, 2.24) is 0 Å². The van der Waals surface area contributed by atoms with Gasteiger partial charge in [0.2, 0.25) is 0 Å². The highest BCUT2D eigenvalue weighted by molar-refractivity contribution is 5.52. The maximum atomic E-state index is 13.2. The minimum atomic E-state index is -0.363. The molecule has 0 aliphatic carbocycles. The highest BCUT2D eigenvalue weighted by Crippen LogP contribution is 2.23. The summed E-state index contributed by atoms with van der Waals surface area (Å²) in [7, 11) is 0. The van der Waals surface area contributed by atoms with Gasteiger partial charge in [-0.2, -0.15) is 0 Å². The number of nitrogens with two attached hydrogens (primary N) is 1. The lowest BCUT2D eigenvalue weighted by Crippen LogP contribution is -2.22. The maximum absolute atomic E-state index is 13.2. The van der Waals surface area contributed by atoms with Gasteiger partial charge >= 0.3 is 0 Å². The van der Waals surface area contributed by atoms with Crippen LogP contribution in [-0.4, -0.2) is 6.54 Å². The summed E-state index contributed by atoms with van der Waals surface area (Å²) >= 11 is 0. The molecule has 0 atom stereocenters. The van der Waals surface area contributed by atoms with E-state index in [0.29, 0.717) is 0 Å². The molecule has 0 aliphatic heterocycles. The molecule has 0 unspecified atom stereocenters. The van der Waals surface area contributed by atoms with Crippen LogP contribution in [-0.2, 0) is 0 Å². The molecule has 0 aromatic heterocycles. The zero-order chi connectivity index (χ0) is 12.2. The van der Waals surface area contributed by atoms with Gasteiger partial charge in [-0.05, 0) is 30.0 Å². The Morgan fingerprint density at radius 2 is 2.06 bits per heavy atom. The first-order valence-electron chi connectivity index (χ1n) is 5.73. The molecule has 0 spiro atoms. The summed E-state index contributed by atoms with van der Waals surface area (Å²) in [6, 6.07) is 4.84. The minimum Gasteiger partial charge on any atom is -0.396 e. The summed E-state index contributed by atoms with van der Waals surface area (Å²) in [6.45, 7) is 7.42. The van der Waals surface area contributed by atoms with Crippen molar-refractivity contribution in [1.29, 1.82) is 0 Å². The first-order chi connectivity index (χ1) is 7.44. The molecule has 0 heterocycles. The van der Waals surface area contributed by atoms with Gasteiger partial charge in [-0.25, -0.2) is 4.39 Å². The number of rotatable bonds is 5. The van der Waals surface area contributed by atoms with E-state index in [1.807, 2.05) is 0 Å². The van der Waals surface area contributed by atoms with Crippen LogP contribution in [0.2, 0.25) is 0 Å². The third kappa shape index (κ3) is 3.72. The van der Waals surface area contributed by atoms with E-state index in [2.05, 4.69) is 26.1 Å². The summed E-state index contributed by atoms with van der Waals surface area (Å²) in [5.74, 6) is -0.363. The molecule has 90 valence electrons. The Morgan fingerprint density at radius 3 is 2.62 bits per heavy atom. The summed E-state index contributed by atoms with van der Waals surface area (Å²) in [4.78, 5) is 0. The Balaban J connectivity index is 2.57. The van der Waals surface area contributed by atoms with Crippen LogP contribution in [0.25, 0.3) is 0 Å². The SMILES string of the molecule is CCCC(C)(C)CNc1ccc(N)c(F)c1. The molecular weight excluding hydrogens is 203 g/mol. The smallest absolute Gasteiger partial charge is 0.148 e. The zero-order valence-electron chi connectivity index (χ0n) is 10.3. The first-order valence-corrected chi connectivity index (χ1v) is 5.73. The van der Waals surface area contributed by atoms with Gasteiger partial charge in [0.05, 0.1) is 5.69 Å². The number of halogens is 1. The number of benzene rings is 1. The van der Waals surface area contributed by atoms with Crippen LogP contribution < -0.4 is 11.1 Å². The van der Waals surface area contributed by atoms with Crippen molar-refractivity contribution >= 4 is 11.4 Å². The molecule has 2 nitrogen and oxygen atoms in total. The van der Waals surface area contributed by atoms with Gasteiger partial charge in [0.25, 0.3) is 0 Å². The fourth-order valence-electron chi connectivity index (χ4n) is 1.74. The normalized spacial score (nSPS) is 11.5. The number of nitrogens with one attached hydrogen (secondary N) is 1. The van der Waals surface area contributed by atoms with E-state index in [9.17, 15) is 4.39 Å². The third-order valence-electron chi connectivity index (χ3n) is 2.70. The molecule has 0 saturated carbocycles. The van der Waals surface area contributed by atoms with Crippen molar-refractivity contribution in [2.75, 3.05) is 17.6 Å². The molecule has 3 heteroatoms. The molecular formula is C13H21FN2. The molecule has 0 saturated heterocycles. The molecule has 1 aromatic rings. The van der Waals surface area contributed by atoms with Crippen LogP contribution >= 0.6 is 0 Å². The molecule has 1 aromatic carbocycles. The van der Waals surface area contributed by atoms with Crippen molar-refractivity contribution < 1.29 is 4.39 Å². The van der Waals surface area contributed by atoms with Gasteiger partial charge in [-0.1, -0.05) is 27.2 Å². The van der Waals surface area contributed by atoms with Gasteiger partial charge in [0.15, 0.2) is 0 Å². The molecule has 3 N–H and O–H groups in total. The van der Waals surface area contributed by atoms with Gasteiger partial charge < -0.3 is 11.1 Å². The predicted octanol–water partition coefficient (Wildman–Crippen LogP) is 3.65. The molecule has 0 fully saturated rings. The van der Waals surface area contributed by atoms with Crippen LogP contribution in [0.1, 0.15) is 33.6 Å². The van der Waals surface area contributed by atoms with E-state index in [4.69, 9.17) is 5.73 Å². The minimum absolute atomic E-state index is 0.193. The highest BCUT2D eigenvalue weighted by Gasteiger charge is 2.16. The monoisotopic (exact) mass is 224 g/mol. The Hall–Kier alpha value is -1.25. The Morgan fingerprint density at radius 1 is 1.38 bits per heavy atom. The number of anilines is 2. The second-order valence-electron chi connectivity index (χ2n) is 5.00. The Labute approximate surface area is 97.0 Å². The summed E-state index contributed by atoms with van der Waals surface area (Å²) in [5.41, 5.74) is 6.63. The molecule has 0 aliphatic rings. The molecule has 0 radical (unpaired) electrons. The summed E-state index contributed by atoms with van der Waals surface area (Å²) in [6.07, 6.45) is 2.31. The average molecular weight is 224 g/mol. The quantitative estimate of drug-likeness (QED) is 0.749. The van der Waals surface area contributed by atoms with Crippen molar-refractivity contribution in [2.45, 2.75) is 33.6 Å². The van der Waals surface area contributed by atoms with Crippen LogP contribution in [0.15, 0.2) is 18.2 Å². The fourth-order valence-corrected chi connectivity index (χ4v) is 1.74. The molecule has 1 rings (SSSR count). The lowest BCUT2D eigenvalue weighted by atomic mass is 9.88. The van der Waals surface area contributed by atoms with E-state index in [1.54, 1.807) is 12.1 Å². The van der Waals surface area contributed by atoms with E-state index in [-0.39, 0.29) is 16.9 Å². The van der Waals surface area contributed by atoms with Gasteiger partial charge in [-0.15, -0.1) is 0 Å². The van der Waals surface area contributed by atoms with Crippen molar-refractivity contribution in [2.24, 2.45) is 5.41 Å². The zero-order valence-corrected chi connectivity index (χ0v) is 10.3. The van der Waals surface area contributed by atoms with Crippen molar-refractivity contribution in [3.63, 3.8) is 0 Å². The Kier molecular flexibility index (Phi) is 4.16. The number of hydrogen-bond acceptors (Lipinski definition) is 2. The van der Waals surface area contributed by atoms with Crippen LogP contribution in [0.5, 0.6) is 0 Å². The van der Waals surface area contributed by atoms with Gasteiger partial charge in [0, 0.05) is 12.2 Å². The average Bonchev–Trinajstić information content (AvgIpc) is 2.20. The summed E-state index contributed by atoms with van der Waals surface area (Å²) < 4.78 is 13.2. The second kappa shape index (κ2) is 5.19. The fraction of sp³-hybridized carbons (Fsp3) is 0.538. The van der Waals surface area contributed by atoms with Gasteiger partial charge in [0.1, 0.15) is 5.82 Å². The van der Waals surface area contributed by atoms with Crippen molar-refractivity contribution in [3.8, 4) is 0 Å². The molecule has 0 amide bonds. The third-order valence-corrected chi connectivity index (χ3v) is 2.70. The van der Waals surface area contributed by atoms with E-state index in [1.165, 1.54) is 6.07 Å². The van der Waals surface area contributed by atoms with Crippen LogP contribution in [0.3, 0.4) is 0 Å². The first kappa shape index (κ1) is 12.8. The lowest BCUT2D eigenvalue weighted by molar-refractivity contribution is 0.354. The predicted molar refractivity (Wildman–Crippen MR) is 68.0 cm³/mol. The van der Waals surface area contributed by atoms with E-state index in [0.717, 1.165) is 25.1 Å². The maximum Gasteiger partial charge on any atom is 0.148 e. The Bertz CT molecular complexity index is 348. The van der Waals surface area contributed by atoms with E-state index < -0.39 is 0 Å². The molecule has 16 heavy (non-hydrogen) atoms. The lowest BCUT2D eigenvalue weighted by Gasteiger charge is -2.25. The van der Waals surface area contributed by atoms with Crippen molar-refractivity contribution in [3.05, 3.63) is 24.0 Å². The molecule has 0 bridgehead atoms. The standard InChI is InChI=1S/C13H21FN2/c1-4-7-13(2,3)9-16-10-5-6-12(15)11(14)8-10/h5-6,8,16H,4,7,9,15H2,1-3H3. The number of nitrogen functional groups attached to an aromatic ring is 1. The topological polar surface area (TPSA) is 38.0 Å². The largest absolute Gasteiger partial charge is 0.396 e. The second-order valence-corrected chi connectivity index (χ2v) is 5.00. The summed E-state index contributed by atoms with van der Waals surface area (Å²) in [5, 5.41) is 3.24. The van der Waals surface area contributed by atoms with Crippen LogP contribution in [0.4, 0.5) is 15.8 Å². The van der Waals surface area contributed by atoms with Gasteiger partial charge in [-0.3, -0.25) is 0 Å². The number of hydrogen-bond donors (Lipinski definition) is 2. The highest BCUT2D eigenvalue weighted by atomic mass is 19.1.